The lowest BCUT2D eigenvalue weighted by Gasteiger charge is -2.21. The van der Waals surface area contributed by atoms with Crippen molar-refractivity contribution < 1.29 is 23.6 Å². The molecule has 1 fully saturated rings. The standard InChI is InChI=1S/C20H19N3O5/c1-12(23-18(24)14-9-5-6-10-15(14)19(23)25)20(26)27-11-16-21-17(22-28-16)13-7-3-2-4-8-13/h2-8,12,14-15H,9-11H2,1H3/t12-,14+,15+/m1/s1. The van der Waals surface area contributed by atoms with E-state index in [9.17, 15) is 14.4 Å². The molecule has 2 amide bonds. The number of likely N-dealkylation sites (tertiary alicyclic amines) is 1. The molecule has 0 unspecified atom stereocenters. The van der Waals surface area contributed by atoms with Crippen LogP contribution in [0.5, 0.6) is 0 Å². The Morgan fingerprint density at radius 2 is 1.82 bits per heavy atom. The van der Waals surface area contributed by atoms with E-state index < -0.39 is 12.0 Å². The van der Waals surface area contributed by atoms with Gasteiger partial charge in [0.15, 0.2) is 6.61 Å². The molecule has 2 aliphatic rings. The van der Waals surface area contributed by atoms with Crippen LogP contribution in [-0.2, 0) is 25.7 Å². The summed E-state index contributed by atoms with van der Waals surface area (Å²) in [6.45, 7) is 1.26. The Hall–Kier alpha value is -3.29. The monoisotopic (exact) mass is 381 g/mol. The number of imide groups is 1. The second-order valence-electron chi connectivity index (χ2n) is 6.86. The number of nitrogens with zero attached hydrogens (tertiary/aromatic N) is 3. The van der Waals surface area contributed by atoms with Gasteiger partial charge in [0, 0.05) is 5.56 Å². The highest BCUT2D eigenvalue weighted by molar-refractivity contribution is 6.08. The average molecular weight is 381 g/mol. The van der Waals surface area contributed by atoms with Crippen LogP contribution in [0.4, 0.5) is 0 Å². The molecular formula is C20H19N3O5. The van der Waals surface area contributed by atoms with Crippen LogP contribution in [0.1, 0.15) is 25.7 Å². The first-order valence-corrected chi connectivity index (χ1v) is 9.13. The molecule has 0 radical (unpaired) electrons. The van der Waals surface area contributed by atoms with Gasteiger partial charge in [-0.1, -0.05) is 47.6 Å². The predicted octanol–water partition coefficient (Wildman–Crippen LogP) is 2.12. The molecule has 28 heavy (non-hydrogen) atoms. The Balaban J connectivity index is 1.38. The van der Waals surface area contributed by atoms with Gasteiger partial charge in [0.1, 0.15) is 6.04 Å². The van der Waals surface area contributed by atoms with Crippen LogP contribution < -0.4 is 0 Å². The normalized spacial score (nSPS) is 22.2. The number of allylic oxidation sites excluding steroid dienone is 2. The summed E-state index contributed by atoms with van der Waals surface area (Å²) in [5, 5.41) is 3.86. The molecule has 1 saturated heterocycles. The molecule has 1 aliphatic heterocycles. The van der Waals surface area contributed by atoms with Crippen molar-refractivity contribution in [1.29, 1.82) is 0 Å². The second-order valence-corrected chi connectivity index (χ2v) is 6.86. The molecule has 8 heteroatoms. The van der Waals surface area contributed by atoms with Gasteiger partial charge < -0.3 is 9.26 Å². The summed E-state index contributed by atoms with van der Waals surface area (Å²) in [5.74, 6) is -1.54. The molecular weight excluding hydrogens is 362 g/mol. The minimum absolute atomic E-state index is 0.136. The third-order valence-electron chi connectivity index (χ3n) is 5.11. The Morgan fingerprint density at radius 3 is 2.46 bits per heavy atom. The summed E-state index contributed by atoms with van der Waals surface area (Å²) in [5.41, 5.74) is 0.779. The van der Waals surface area contributed by atoms with Crippen LogP contribution in [0.3, 0.4) is 0 Å². The van der Waals surface area contributed by atoms with Gasteiger partial charge in [0.2, 0.25) is 17.6 Å². The number of hydrogen-bond acceptors (Lipinski definition) is 7. The number of benzene rings is 1. The van der Waals surface area contributed by atoms with Gasteiger partial charge in [-0.15, -0.1) is 0 Å². The number of ether oxygens (including phenoxy) is 1. The third-order valence-corrected chi connectivity index (χ3v) is 5.11. The van der Waals surface area contributed by atoms with E-state index in [0.717, 1.165) is 10.5 Å². The molecule has 8 nitrogen and oxygen atoms in total. The van der Waals surface area contributed by atoms with Crippen LogP contribution in [-0.4, -0.2) is 38.9 Å². The molecule has 4 rings (SSSR count). The minimum Gasteiger partial charge on any atom is -0.454 e. The fourth-order valence-corrected chi connectivity index (χ4v) is 3.58. The molecule has 1 aromatic heterocycles. The lowest BCUT2D eigenvalue weighted by Crippen LogP contribution is -2.44. The van der Waals surface area contributed by atoms with Gasteiger partial charge in [-0.05, 0) is 19.8 Å². The summed E-state index contributed by atoms with van der Waals surface area (Å²) in [6.07, 6.45) is 4.85. The van der Waals surface area contributed by atoms with Gasteiger partial charge in [-0.25, -0.2) is 4.79 Å². The summed E-state index contributed by atoms with van der Waals surface area (Å²) in [4.78, 5) is 42.7. The first-order valence-electron chi connectivity index (χ1n) is 9.13. The number of aromatic nitrogens is 2. The third kappa shape index (κ3) is 3.21. The van der Waals surface area contributed by atoms with Crippen molar-refractivity contribution in [3.63, 3.8) is 0 Å². The smallest absolute Gasteiger partial charge is 0.329 e. The van der Waals surface area contributed by atoms with Crippen molar-refractivity contribution in [3.8, 4) is 11.4 Å². The maximum Gasteiger partial charge on any atom is 0.329 e. The van der Waals surface area contributed by atoms with Gasteiger partial charge in [0.05, 0.1) is 11.8 Å². The SMILES string of the molecule is C[C@H](C(=O)OCc1nc(-c2ccccc2)no1)N1C(=O)[C@H]2CC=CC[C@@H]2C1=O. The highest BCUT2D eigenvalue weighted by Gasteiger charge is 2.50. The van der Waals surface area contributed by atoms with Crippen LogP contribution in [0.2, 0.25) is 0 Å². The molecule has 0 saturated carbocycles. The van der Waals surface area contributed by atoms with Gasteiger partial charge in [0.25, 0.3) is 5.89 Å². The van der Waals surface area contributed by atoms with E-state index in [1.165, 1.54) is 6.92 Å². The number of amides is 2. The molecule has 2 aromatic rings. The number of esters is 1. The summed E-state index contributed by atoms with van der Waals surface area (Å²) >= 11 is 0. The highest BCUT2D eigenvalue weighted by Crippen LogP contribution is 2.36. The van der Waals surface area contributed by atoms with E-state index in [-0.39, 0.29) is 36.1 Å². The van der Waals surface area contributed by atoms with Crippen molar-refractivity contribution in [3.05, 3.63) is 48.4 Å². The van der Waals surface area contributed by atoms with Crippen LogP contribution >= 0.6 is 0 Å². The summed E-state index contributed by atoms with van der Waals surface area (Å²) < 4.78 is 10.3. The Morgan fingerprint density at radius 1 is 1.18 bits per heavy atom. The van der Waals surface area contributed by atoms with Crippen molar-refractivity contribution in [1.82, 2.24) is 15.0 Å². The maximum absolute atomic E-state index is 12.6. The predicted molar refractivity (Wildman–Crippen MR) is 96.2 cm³/mol. The number of hydrogen-bond donors (Lipinski definition) is 0. The van der Waals surface area contributed by atoms with E-state index in [2.05, 4.69) is 10.1 Å². The van der Waals surface area contributed by atoms with Crippen molar-refractivity contribution in [2.75, 3.05) is 0 Å². The number of carbonyl (C=O) groups is 3. The topological polar surface area (TPSA) is 103 Å². The van der Waals surface area contributed by atoms with Crippen molar-refractivity contribution >= 4 is 17.8 Å². The van der Waals surface area contributed by atoms with Crippen molar-refractivity contribution in [2.45, 2.75) is 32.4 Å². The summed E-state index contributed by atoms with van der Waals surface area (Å²) in [7, 11) is 0. The molecule has 0 N–H and O–H groups in total. The first-order chi connectivity index (χ1) is 13.6. The van der Waals surface area contributed by atoms with Crippen LogP contribution in [0.25, 0.3) is 11.4 Å². The molecule has 2 heterocycles. The maximum atomic E-state index is 12.6. The molecule has 1 aliphatic carbocycles. The van der Waals surface area contributed by atoms with Gasteiger partial charge in [-0.2, -0.15) is 4.98 Å². The van der Waals surface area contributed by atoms with Gasteiger partial charge >= 0.3 is 5.97 Å². The van der Waals surface area contributed by atoms with E-state index in [1.807, 2.05) is 42.5 Å². The molecule has 0 spiro atoms. The Labute approximate surface area is 161 Å². The van der Waals surface area contributed by atoms with E-state index in [0.29, 0.717) is 18.7 Å². The Kier molecular flexibility index (Phi) is 4.77. The van der Waals surface area contributed by atoms with Crippen molar-refractivity contribution in [2.24, 2.45) is 11.8 Å². The fourth-order valence-electron chi connectivity index (χ4n) is 3.58. The zero-order valence-corrected chi connectivity index (χ0v) is 15.3. The zero-order valence-electron chi connectivity index (χ0n) is 15.3. The number of rotatable bonds is 5. The molecule has 1 aromatic carbocycles. The largest absolute Gasteiger partial charge is 0.454 e. The second kappa shape index (κ2) is 7.38. The van der Waals surface area contributed by atoms with Gasteiger partial charge in [-0.3, -0.25) is 14.5 Å². The first kappa shape index (κ1) is 18.1. The van der Waals surface area contributed by atoms with Crippen LogP contribution in [0, 0.1) is 11.8 Å². The Bertz CT molecular complexity index is 910. The average Bonchev–Trinajstić information content (AvgIpc) is 3.30. The van der Waals surface area contributed by atoms with Crippen LogP contribution in [0.15, 0.2) is 47.0 Å². The van der Waals surface area contributed by atoms with E-state index in [4.69, 9.17) is 9.26 Å². The quantitative estimate of drug-likeness (QED) is 0.444. The number of fused-ring (bicyclic) bond motifs is 1. The minimum atomic E-state index is -0.998. The summed E-state index contributed by atoms with van der Waals surface area (Å²) in [6, 6.07) is 8.25. The lowest BCUT2D eigenvalue weighted by atomic mass is 9.85. The molecule has 3 atom stereocenters. The fraction of sp³-hybridized carbons (Fsp3) is 0.350. The lowest BCUT2D eigenvalue weighted by molar-refractivity contribution is -0.159. The van der Waals surface area contributed by atoms with E-state index in [1.54, 1.807) is 0 Å². The molecule has 0 bridgehead atoms. The highest BCUT2D eigenvalue weighted by atomic mass is 16.6. The number of carbonyl (C=O) groups excluding carboxylic acids is 3. The van der Waals surface area contributed by atoms with E-state index >= 15 is 0 Å². The zero-order chi connectivity index (χ0) is 19.7. The molecule has 144 valence electrons.